The highest BCUT2D eigenvalue weighted by Gasteiger charge is 2.53. The van der Waals surface area contributed by atoms with E-state index in [0.717, 1.165) is 18.4 Å². The van der Waals surface area contributed by atoms with Crippen molar-refractivity contribution in [2.75, 3.05) is 6.61 Å². The van der Waals surface area contributed by atoms with Crippen molar-refractivity contribution >= 4 is 8.32 Å². The fourth-order valence-electron chi connectivity index (χ4n) is 3.40. The van der Waals surface area contributed by atoms with Gasteiger partial charge in [-0.1, -0.05) is 53.4 Å². The molecule has 1 rings (SSSR count). The molecule has 144 valence electrons. The van der Waals surface area contributed by atoms with Crippen LogP contribution in [0.15, 0.2) is 11.6 Å². The summed E-state index contributed by atoms with van der Waals surface area (Å²) in [5.41, 5.74) is -0.617. The first-order valence-corrected chi connectivity index (χ1v) is 12.3. The number of allylic oxidation sites excluding steroid dienone is 1. The van der Waals surface area contributed by atoms with E-state index in [-0.39, 0.29) is 29.1 Å². The van der Waals surface area contributed by atoms with E-state index < -0.39 is 13.9 Å². The minimum Gasteiger partial charge on any atom is -0.414 e. The second-order valence-corrected chi connectivity index (χ2v) is 14.6. The zero-order valence-corrected chi connectivity index (χ0v) is 18.7. The van der Waals surface area contributed by atoms with Crippen molar-refractivity contribution in [3.05, 3.63) is 11.6 Å². The third-order valence-electron chi connectivity index (χ3n) is 6.21. The number of hydrogen-bond donors (Lipinski definition) is 2. The van der Waals surface area contributed by atoms with Crippen LogP contribution in [0.1, 0.15) is 61.3 Å². The Morgan fingerprint density at radius 2 is 1.88 bits per heavy atom. The first-order valence-electron chi connectivity index (χ1n) is 9.37. The SMILES string of the molecule is CC(C#CC1(O)C(C)CC(O[Si](C)(C)C(C)(C)C)CC1(C)C)=CCO. The first kappa shape index (κ1) is 22.4. The van der Waals surface area contributed by atoms with Gasteiger partial charge in [0.05, 0.1) is 6.61 Å². The minimum atomic E-state index is -1.83. The summed E-state index contributed by atoms with van der Waals surface area (Å²) in [7, 11) is -1.83. The van der Waals surface area contributed by atoms with Crippen molar-refractivity contribution in [2.24, 2.45) is 11.3 Å². The second kappa shape index (κ2) is 7.56. The third-order valence-corrected chi connectivity index (χ3v) is 10.7. The molecular weight excluding hydrogens is 328 g/mol. The molecule has 0 aromatic rings. The molecule has 0 heterocycles. The molecule has 0 aromatic heterocycles. The molecule has 0 spiro atoms. The van der Waals surface area contributed by atoms with E-state index in [4.69, 9.17) is 9.53 Å². The van der Waals surface area contributed by atoms with Crippen LogP contribution in [-0.4, -0.2) is 36.8 Å². The Bertz CT molecular complexity index is 560. The van der Waals surface area contributed by atoms with Gasteiger partial charge < -0.3 is 14.6 Å². The summed E-state index contributed by atoms with van der Waals surface area (Å²) < 4.78 is 6.64. The van der Waals surface area contributed by atoms with Gasteiger partial charge in [0.15, 0.2) is 8.32 Å². The fraction of sp³-hybridized carbons (Fsp3) is 0.810. The van der Waals surface area contributed by atoms with Crippen LogP contribution in [-0.2, 0) is 4.43 Å². The van der Waals surface area contributed by atoms with Gasteiger partial charge in [0.2, 0.25) is 0 Å². The Labute approximate surface area is 156 Å². The number of hydrogen-bond acceptors (Lipinski definition) is 3. The molecule has 0 saturated heterocycles. The monoisotopic (exact) mass is 366 g/mol. The number of aliphatic hydroxyl groups is 2. The lowest BCUT2D eigenvalue weighted by atomic mass is 9.60. The smallest absolute Gasteiger partial charge is 0.192 e. The van der Waals surface area contributed by atoms with Crippen molar-refractivity contribution < 1.29 is 14.6 Å². The van der Waals surface area contributed by atoms with Crippen molar-refractivity contribution in [1.82, 2.24) is 0 Å². The van der Waals surface area contributed by atoms with Crippen LogP contribution in [0.4, 0.5) is 0 Å². The molecule has 3 unspecified atom stereocenters. The Kier molecular flexibility index (Phi) is 6.79. The maximum atomic E-state index is 11.4. The maximum Gasteiger partial charge on any atom is 0.192 e. The lowest BCUT2D eigenvalue weighted by Crippen LogP contribution is -2.57. The van der Waals surface area contributed by atoms with E-state index >= 15 is 0 Å². The van der Waals surface area contributed by atoms with Gasteiger partial charge in [-0.25, -0.2) is 0 Å². The Morgan fingerprint density at radius 3 is 2.32 bits per heavy atom. The molecule has 3 nitrogen and oxygen atoms in total. The van der Waals surface area contributed by atoms with Crippen molar-refractivity contribution in [3.8, 4) is 11.8 Å². The molecule has 0 radical (unpaired) electrons. The van der Waals surface area contributed by atoms with Gasteiger partial charge >= 0.3 is 0 Å². The Morgan fingerprint density at radius 1 is 1.32 bits per heavy atom. The van der Waals surface area contributed by atoms with Gasteiger partial charge in [-0.2, -0.15) is 0 Å². The molecular formula is C21H38O3Si. The molecule has 0 aromatic carbocycles. The summed E-state index contributed by atoms with van der Waals surface area (Å²) in [5.74, 6) is 6.18. The molecule has 0 aliphatic heterocycles. The van der Waals surface area contributed by atoms with E-state index in [1.807, 2.05) is 6.92 Å². The lowest BCUT2D eigenvalue weighted by Gasteiger charge is -2.52. The van der Waals surface area contributed by atoms with Crippen LogP contribution < -0.4 is 0 Å². The molecule has 4 heteroatoms. The van der Waals surface area contributed by atoms with E-state index in [9.17, 15) is 5.11 Å². The van der Waals surface area contributed by atoms with Crippen LogP contribution in [0.25, 0.3) is 0 Å². The average molecular weight is 367 g/mol. The molecule has 0 amide bonds. The van der Waals surface area contributed by atoms with Crippen molar-refractivity contribution in [2.45, 2.75) is 91.1 Å². The zero-order valence-electron chi connectivity index (χ0n) is 17.7. The summed E-state index contributed by atoms with van der Waals surface area (Å²) in [6.07, 6.45) is 3.46. The van der Waals surface area contributed by atoms with Crippen LogP contribution in [0.3, 0.4) is 0 Å². The number of aliphatic hydroxyl groups excluding tert-OH is 1. The standard InChI is InChI=1S/C21H38O3Si/c1-16(11-13-22)10-12-21(23)17(2)14-18(15-20(21,6)7)24-25(8,9)19(3,4)5/h11,17-18,22-23H,13-15H2,1-9H3. The molecule has 1 aliphatic carbocycles. The summed E-state index contributed by atoms with van der Waals surface area (Å²) >= 11 is 0. The molecule has 3 atom stereocenters. The van der Waals surface area contributed by atoms with E-state index in [1.165, 1.54) is 0 Å². The van der Waals surface area contributed by atoms with Gasteiger partial charge in [0.25, 0.3) is 0 Å². The molecule has 25 heavy (non-hydrogen) atoms. The van der Waals surface area contributed by atoms with Crippen LogP contribution in [0.2, 0.25) is 18.1 Å². The maximum absolute atomic E-state index is 11.4. The molecule has 1 saturated carbocycles. The predicted octanol–water partition coefficient (Wildman–Crippen LogP) is 4.51. The molecule has 1 fully saturated rings. The van der Waals surface area contributed by atoms with Crippen LogP contribution in [0.5, 0.6) is 0 Å². The predicted molar refractivity (Wildman–Crippen MR) is 108 cm³/mol. The third kappa shape index (κ3) is 4.98. The van der Waals surface area contributed by atoms with Gasteiger partial charge in [-0.15, -0.1) is 0 Å². The van der Waals surface area contributed by atoms with E-state index in [1.54, 1.807) is 6.08 Å². The van der Waals surface area contributed by atoms with Crippen LogP contribution >= 0.6 is 0 Å². The van der Waals surface area contributed by atoms with Crippen molar-refractivity contribution in [1.29, 1.82) is 0 Å². The zero-order chi connectivity index (χ0) is 19.7. The normalized spacial score (nSPS) is 30.6. The van der Waals surface area contributed by atoms with Gasteiger partial charge in [-0.05, 0) is 55.5 Å². The van der Waals surface area contributed by atoms with Gasteiger partial charge in [0, 0.05) is 11.5 Å². The summed E-state index contributed by atoms with van der Waals surface area (Å²) in [6.45, 7) is 19.4. The van der Waals surface area contributed by atoms with E-state index in [2.05, 4.69) is 66.5 Å². The highest BCUT2D eigenvalue weighted by atomic mass is 28.4. The fourth-order valence-corrected chi connectivity index (χ4v) is 4.76. The average Bonchev–Trinajstić information content (AvgIpc) is 2.41. The van der Waals surface area contributed by atoms with Crippen LogP contribution in [0, 0.1) is 23.2 Å². The second-order valence-electron chi connectivity index (χ2n) is 9.81. The lowest BCUT2D eigenvalue weighted by molar-refractivity contribution is -0.118. The topological polar surface area (TPSA) is 49.7 Å². The van der Waals surface area contributed by atoms with Crippen molar-refractivity contribution in [3.63, 3.8) is 0 Å². The molecule has 2 N–H and O–H groups in total. The quantitative estimate of drug-likeness (QED) is 0.571. The first-order chi connectivity index (χ1) is 11.2. The molecule has 1 aliphatic rings. The number of rotatable bonds is 3. The van der Waals surface area contributed by atoms with Gasteiger partial charge in [0.1, 0.15) is 5.60 Å². The minimum absolute atomic E-state index is 0.0275. The molecule has 0 bridgehead atoms. The highest BCUT2D eigenvalue weighted by Crippen LogP contribution is 2.49. The Hall–Kier alpha value is -0.603. The largest absolute Gasteiger partial charge is 0.414 e. The summed E-state index contributed by atoms with van der Waals surface area (Å²) in [4.78, 5) is 0. The van der Waals surface area contributed by atoms with E-state index in [0.29, 0.717) is 0 Å². The summed E-state index contributed by atoms with van der Waals surface area (Å²) in [5, 5.41) is 20.5. The summed E-state index contributed by atoms with van der Waals surface area (Å²) in [6, 6.07) is 0. The van der Waals surface area contributed by atoms with Gasteiger partial charge in [-0.3, -0.25) is 0 Å². The highest BCUT2D eigenvalue weighted by molar-refractivity contribution is 6.74. The Balaban J connectivity index is 3.04.